The highest BCUT2D eigenvalue weighted by atomic mass is 31.3. The molecule has 0 bridgehead atoms. The van der Waals surface area contributed by atoms with Gasteiger partial charge in [0.1, 0.15) is 54.6 Å². The van der Waals surface area contributed by atoms with Gasteiger partial charge in [-0.2, -0.15) is 8.62 Å². The molecule has 452 valence electrons. The molecule has 83 heavy (non-hydrogen) atoms. The molecule has 0 radical (unpaired) electrons. The number of aromatic amines is 2. The van der Waals surface area contributed by atoms with Gasteiger partial charge in [-0.15, -0.1) is 0 Å². The van der Waals surface area contributed by atoms with Crippen LogP contribution < -0.4 is 32.8 Å². The number of nitrogens with zero attached hydrogens (tertiary/aromatic N) is 9. The summed E-state index contributed by atoms with van der Waals surface area (Å²) >= 11 is 0. The van der Waals surface area contributed by atoms with Gasteiger partial charge in [-0.1, -0.05) is 35.3 Å². The first-order valence-electron chi connectivity index (χ1n) is 24.2. The third-order valence-electron chi connectivity index (χ3n) is 13.1. The zero-order valence-electron chi connectivity index (χ0n) is 43.2. The van der Waals surface area contributed by atoms with Gasteiger partial charge in [0.15, 0.2) is 30.2 Å². The molecule has 9 rings (SSSR count). The van der Waals surface area contributed by atoms with Crippen molar-refractivity contribution in [3.05, 3.63) is 98.3 Å². The molecule has 4 unspecified atom stereocenters. The quantitative estimate of drug-likeness (QED) is 0.0231. The van der Waals surface area contributed by atoms with Gasteiger partial charge in [0.25, 0.3) is 17.1 Å². The number of benzene rings is 1. The largest absolute Gasteiger partial charge is 0.490 e. The standard InChI is InChI=1S/C41H53N13O25P4/c1-50(2)25(56)11-20-21(74-37(28(20)57)54-18-51(12-19-7-5-4-6-8-19)27-35(54)48-40(43)49-36(27)60)13-72-81(64,65)78-83(68,69)79-82(66,67)73-15-23-31(32(70-3)39(76-23)53-17-46-26-33(42)44-16-45-34(26)53)77-80(62,63)71-14-22-29(58)30(59)38(75-22)52-10-9-24(55)47-41(52)61/h4-10,16-18,20-23,28-32,37-39,57-59H,11-15H2,1-3H3,(H9-,42,43,44,45,47,48,49,55,60,61,62,63,64,65,66,67,68,69)/p+1/t20-,21-,22-,23-,28-,29-,30-,31-,32-,37-,38-,39-/m1/s1. The van der Waals surface area contributed by atoms with E-state index in [9.17, 15) is 72.3 Å². The van der Waals surface area contributed by atoms with Crippen molar-refractivity contribution < 1.29 is 108 Å². The molecule has 3 aliphatic rings. The van der Waals surface area contributed by atoms with Gasteiger partial charge in [-0.05, 0) is 5.56 Å². The van der Waals surface area contributed by atoms with Crippen LogP contribution in [0.15, 0.2) is 76.0 Å². The molecule has 0 aliphatic carbocycles. The average molecular weight is 1250 g/mol. The van der Waals surface area contributed by atoms with Gasteiger partial charge in [0.2, 0.25) is 17.7 Å². The molecule has 1 aromatic carbocycles. The predicted octanol–water partition coefficient (Wildman–Crippen LogP) is -2.63. The Labute approximate surface area is 464 Å². The van der Waals surface area contributed by atoms with Gasteiger partial charge in [0, 0.05) is 45.8 Å². The number of nitrogens with two attached hydrogens (primary N) is 2. The molecule has 38 nitrogen and oxygen atoms in total. The van der Waals surface area contributed by atoms with Crippen molar-refractivity contribution in [3.63, 3.8) is 0 Å². The van der Waals surface area contributed by atoms with Crippen LogP contribution in [0.1, 0.15) is 30.7 Å². The van der Waals surface area contributed by atoms with Crippen molar-refractivity contribution in [1.82, 2.24) is 48.5 Å². The van der Waals surface area contributed by atoms with E-state index in [2.05, 4.69) is 33.5 Å². The minimum atomic E-state index is -6.26. The number of methoxy groups -OCH3 is 1. The second-order valence-corrected chi connectivity index (χ2v) is 24.9. The van der Waals surface area contributed by atoms with Crippen LogP contribution in [0.5, 0.6) is 0 Å². The van der Waals surface area contributed by atoms with E-state index in [4.69, 9.17) is 48.5 Å². The fourth-order valence-corrected chi connectivity index (χ4v) is 13.8. The number of rotatable bonds is 23. The number of H-pyrrole nitrogens is 2. The first kappa shape index (κ1) is 61.7. The van der Waals surface area contributed by atoms with E-state index in [1.54, 1.807) is 30.3 Å². The topological polar surface area (TPSA) is 528 Å². The molecule has 6 aromatic rings. The van der Waals surface area contributed by atoms with Gasteiger partial charge in [0.05, 0.1) is 38.8 Å². The van der Waals surface area contributed by atoms with Crippen molar-refractivity contribution in [2.75, 3.05) is 52.5 Å². The lowest BCUT2D eigenvalue weighted by Crippen LogP contribution is -2.45. The number of imidazole rings is 2. The number of anilines is 2. The SMILES string of the molecule is CO[C@@H]1[C@H](OP(=O)(O)OC[C@H]2O[C@@H](n3ccc(=O)[nH]c3=O)[C@H](O)[C@@H]2O)[C@@H](COP(=O)(O)OP(=O)(O)OP(=O)(O)OC[C@H]2O[C@@H]([n+]3cn(Cc4ccccc4)c4c(=O)[nH]c(N)nc43)[C@H](O)[C@@H]2CC(=O)N(C)C)O[C@H]1n1cnc2c(N)ncnc21. The number of amides is 1. The number of aliphatic hydroxyl groups is 3. The van der Waals surface area contributed by atoms with Crippen LogP contribution in [0.2, 0.25) is 0 Å². The summed E-state index contributed by atoms with van der Waals surface area (Å²) in [4.78, 5) is 115. The number of phosphoric ester groups is 3. The Kier molecular flexibility index (Phi) is 18.0. The highest BCUT2D eigenvalue weighted by molar-refractivity contribution is 7.66. The number of hydrogen-bond donors (Lipinski definition) is 11. The summed E-state index contributed by atoms with van der Waals surface area (Å²) in [5.74, 6) is -2.24. The number of aromatic nitrogens is 10. The van der Waals surface area contributed by atoms with E-state index in [1.807, 2.05) is 4.98 Å². The summed E-state index contributed by atoms with van der Waals surface area (Å²) in [7, 11) is -19.8. The zero-order valence-corrected chi connectivity index (χ0v) is 46.8. The molecule has 0 spiro atoms. The summed E-state index contributed by atoms with van der Waals surface area (Å²) in [5, 5.41) is 33.1. The molecule has 3 fully saturated rings. The van der Waals surface area contributed by atoms with Gasteiger partial charge in [-0.3, -0.25) is 56.1 Å². The predicted molar refractivity (Wildman–Crippen MR) is 273 cm³/mol. The highest BCUT2D eigenvalue weighted by Crippen LogP contribution is 2.68. The molecule has 3 saturated heterocycles. The fourth-order valence-electron chi connectivity index (χ4n) is 9.32. The molecule has 3 aliphatic heterocycles. The van der Waals surface area contributed by atoms with Gasteiger partial charge >= 0.3 is 42.6 Å². The summed E-state index contributed by atoms with van der Waals surface area (Å²) in [6.07, 6.45) is -14.4. The number of carbonyl (C=O) groups excluding carboxylic acids is 1. The molecular formula is C41H54N13O25P4+. The van der Waals surface area contributed by atoms with E-state index in [1.165, 1.54) is 39.0 Å². The number of phosphoric acid groups is 4. The van der Waals surface area contributed by atoms with Gasteiger partial charge < -0.3 is 70.2 Å². The number of nitrogen functional groups attached to an aromatic ring is 2. The Morgan fingerprint density at radius 1 is 0.771 bits per heavy atom. The lowest BCUT2D eigenvalue weighted by atomic mass is 9.94. The van der Waals surface area contributed by atoms with Crippen LogP contribution in [-0.4, -0.2) is 179 Å². The second-order valence-electron chi connectivity index (χ2n) is 18.9. The summed E-state index contributed by atoms with van der Waals surface area (Å²) in [6.45, 7) is -3.28. The van der Waals surface area contributed by atoms with E-state index < -0.39 is 154 Å². The van der Waals surface area contributed by atoms with E-state index in [0.717, 1.165) is 42.2 Å². The van der Waals surface area contributed by atoms with Crippen LogP contribution >= 0.6 is 31.3 Å². The zero-order chi connectivity index (χ0) is 60.1. The van der Waals surface area contributed by atoms with Crippen LogP contribution in [0.4, 0.5) is 11.8 Å². The molecule has 42 heteroatoms. The third-order valence-corrected chi connectivity index (χ3v) is 18.4. The normalized spacial score (nSPS) is 28.5. The van der Waals surface area contributed by atoms with Gasteiger partial charge in [-0.25, -0.2) is 42.6 Å². The molecule has 16 atom stereocenters. The van der Waals surface area contributed by atoms with E-state index in [0.29, 0.717) is 0 Å². The lowest BCUT2D eigenvalue weighted by Gasteiger charge is -2.26. The number of fused-ring (bicyclic) bond motifs is 2. The van der Waals surface area contributed by atoms with Crippen LogP contribution in [-0.2, 0) is 75.3 Å². The number of aliphatic hydroxyl groups excluding tert-OH is 3. The number of ether oxygens (including phenoxy) is 4. The van der Waals surface area contributed by atoms with Crippen LogP contribution in [0.25, 0.3) is 22.3 Å². The molecule has 13 N–H and O–H groups in total. The monoisotopic (exact) mass is 1250 g/mol. The average Bonchev–Trinajstić information content (AvgIpc) is 3.82. The third kappa shape index (κ3) is 13.6. The maximum Gasteiger partial charge on any atom is 0.490 e. The molecule has 8 heterocycles. The summed E-state index contributed by atoms with van der Waals surface area (Å²) in [5.41, 5.74) is 10.0. The molecule has 0 saturated carbocycles. The lowest BCUT2D eigenvalue weighted by molar-refractivity contribution is -0.745. The molecule has 1 amide bonds. The van der Waals surface area contributed by atoms with Crippen molar-refractivity contribution in [1.29, 1.82) is 0 Å². The minimum absolute atomic E-state index is 0.00363. The Bertz CT molecular complexity index is 3760. The maximum absolute atomic E-state index is 13.7. The van der Waals surface area contributed by atoms with Crippen molar-refractivity contribution >= 4 is 71.3 Å². The summed E-state index contributed by atoms with van der Waals surface area (Å²) in [6, 6.07) is 9.80. The van der Waals surface area contributed by atoms with Crippen molar-refractivity contribution in [3.8, 4) is 0 Å². The molecular weight excluding hydrogens is 1200 g/mol. The van der Waals surface area contributed by atoms with Crippen LogP contribution in [0, 0.1) is 5.92 Å². The Balaban J connectivity index is 0.885. The van der Waals surface area contributed by atoms with Crippen molar-refractivity contribution in [2.24, 2.45) is 5.92 Å². The number of nitrogens with one attached hydrogen (secondary N) is 2. The Morgan fingerprint density at radius 2 is 1.42 bits per heavy atom. The highest BCUT2D eigenvalue weighted by Gasteiger charge is 2.54. The van der Waals surface area contributed by atoms with Crippen molar-refractivity contribution in [2.45, 2.75) is 80.5 Å². The van der Waals surface area contributed by atoms with E-state index in [-0.39, 0.29) is 40.6 Å². The van der Waals surface area contributed by atoms with Crippen LogP contribution in [0.3, 0.4) is 0 Å². The first-order valence-corrected chi connectivity index (χ1v) is 30.2. The maximum atomic E-state index is 13.7. The molecule has 5 aromatic heterocycles. The number of hydrogen-bond acceptors (Lipinski definition) is 27. The fraction of sp³-hybridized carbons (Fsp3) is 0.488. The minimum Gasteiger partial charge on any atom is -0.387 e. The smallest absolute Gasteiger partial charge is 0.387 e. The first-order chi connectivity index (χ1) is 39.0. The Hall–Kier alpha value is -5.89. The Morgan fingerprint density at radius 3 is 2.08 bits per heavy atom. The summed E-state index contributed by atoms with van der Waals surface area (Å²) < 4.78 is 111. The second kappa shape index (κ2) is 24.2. The van der Waals surface area contributed by atoms with E-state index >= 15 is 0 Å². The number of carbonyl (C=O) groups is 1.